The van der Waals surface area contributed by atoms with Crippen molar-refractivity contribution in [2.45, 2.75) is 31.8 Å². The summed E-state index contributed by atoms with van der Waals surface area (Å²) >= 11 is 0. The summed E-state index contributed by atoms with van der Waals surface area (Å²) in [5, 5.41) is 0. The Hall–Kier alpha value is -1.55. The number of likely N-dealkylation sites (tertiary alicyclic amines) is 1. The van der Waals surface area contributed by atoms with E-state index in [0.29, 0.717) is 5.91 Å². The molecule has 0 radical (unpaired) electrons. The van der Waals surface area contributed by atoms with Crippen LogP contribution in [0.1, 0.15) is 24.8 Å². The van der Waals surface area contributed by atoms with Crippen molar-refractivity contribution < 1.29 is 4.79 Å². The molecule has 1 unspecified atom stereocenters. The predicted octanol–water partition coefficient (Wildman–Crippen LogP) is 1.95. The molecule has 0 bridgehead atoms. The number of likely N-dealkylation sites (N-methyl/N-ethyl adjacent to an activating group) is 2. The molecule has 0 N–H and O–H groups in total. The summed E-state index contributed by atoms with van der Waals surface area (Å²) in [6, 6.07) is 8.50. The summed E-state index contributed by atoms with van der Waals surface area (Å²) in [4.78, 5) is 19.4. The van der Waals surface area contributed by atoms with Crippen LogP contribution < -0.4 is 4.90 Å². The fourth-order valence-electron chi connectivity index (χ4n) is 3.48. The Labute approximate surface area is 127 Å². The number of rotatable bonds is 1. The zero-order chi connectivity index (χ0) is 14.8. The van der Waals surface area contributed by atoms with Crippen molar-refractivity contribution in [3.63, 3.8) is 0 Å². The van der Waals surface area contributed by atoms with E-state index >= 15 is 0 Å². The lowest BCUT2D eigenvalue weighted by Gasteiger charge is -2.35. The standard InChI is InChI=1S/C17H25N3O/c1-18-10-6-5-9-16(18)17(21)20-12-11-19(2)15-8-4-3-7-14(15)13-20/h3-4,7-8,16H,5-6,9-13H2,1-2H3. The molecule has 114 valence electrons. The van der Waals surface area contributed by atoms with Crippen LogP contribution in [0.25, 0.3) is 0 Å². The molecule has 1 aromatic carbocycles. The topological polar surface area (TPSA) is 26.8 Å². The number of hydrogen-bond acceptors (Lipinski definition) is 3. The maximum absolute atomic E-state index is 12.9. The third-order valence-electron chi connectivity index (χ3n) is 4.84. The highest BCUT2D eigenvalue weighted by Crippen LogP contribution is 2.25. The highest BCUT2D eigenvalue weighted by molar-refractivity contribution is 5.82. The second kappa shape index (κ2) is 6.06. The molecule has 4 nitrogen and oxygen atoms in total. The number of amides is 1. The molecule has 1 amide bonds. The molecule has 1 saturated heterocycles. The minimum Gasteiger partial charge on any atom is -0.373 e. The van der Waals surface area contributed by atoms with Gasteiger partial charge in [-0.3, -0.25) is 9.69 Å². The fourth-order valence-corrected chi connectivity index (χ4v) is 3.48. The van der Waals surface area contributed by atoms with E-state index in [1.54, 1.807) is 0 Å². The van der Waals surface area contributed by atoms with Gasteiger partial charge >= 0.3 is 0 Å². The third-order valence-corrected chi connectivity index (χ3v) is 4.84. The summed E-state index contributed by atoms with van der Waals surface area (Å²) in [7, 11) is 4.19. The molecule has 0 spiro atoms. The van der Waals surface area contributed by atoms with Crippen LogP contribution in [0, 0.1) is 0 Å². The van der Waals surface area contributed by atoms with Crippen LogP contribution in [0.2, 0.25) is 0 Å². The number of carbonyl (C=O) groups excluding carboxylic acids is 1. The molecule has 0 saturated carbocycles. The third kappa shape index (κ3) is 2.91. The highest BCUT2D eigenvalue weighted by Gasteiger charge is 2.31. The van der Waals surface area contributed by atoms with E-state index in [-0.39, 0.29) is 6.04 Å². The molecule has 3 rings (SSSR count). The second-order valence-electron chi connectivity index (χ2n) is 6.30. The van der Waals surface area contributed by atoms with Crippen molar-refractivity contribution in [2.24, 2.45) is 0 Å². The first-order valence-corrected chi connectivity index (χ1v) is 7.95. The quantitative estimate of drug-likeness (QED) is 0.790. The zero-order valence-electron chi connectivity index (χ0n) is 13.1. The number of hydrogen-bond donors (Lipinski definition) is 0. The van der Waals surface area contributed by atoms with Crippen molar-refractivity contribution in [1.29, 1.82) is 0 Å². The molecule has 4 heteroatoms. The molecule has 2 aliphatic rings. The Morgan fingerprint density at radius 3 is 2.71 bits per heavy atom. The van der Waals surface area contributed by atoms with Gasteiger partial charge in [0.1, 0.15) is 0 Å². The predicted molar refractivity (Wildman–Crippen MR) is 85.4 cm³/mol. The van der Waals surface area contributed by atoms with Crippen molar-refractivity contribution in [3.8, 4) is 0 Å². The van der Waals surface area contributed by atoms with Gasteiger partial charge in [0.25, 0.3) is 0 Å². The molecule has 1 fully saturated rings. The summed E-state index contributed by atoms with van der Waals surface area (Å²) in [5.41, 5.74) is 2.51. The highest BCUT2D eigenvalue weighted by atomic mass is 16.2. The van der Waals surface area contributed by atoms with Gasteiger partial charge in [0, 0.05) is 32.4 Å². The van der Waals surface area contributed by atoms with Gasteiger partial charge < -0.3 is 9.80 Å². The number of carbonyl (C=O) groups is 1. The number of nitrogens with zero attached hydrogens (tertiary/aromatic N) is 3. The van der Waals surface area contributed by atoms with Crippen LogP contribution in [-0.2, 0) is 11.3 Å². The Balaban J connectivity index is 1.79. The van der Waals surface area contributed by atoms with Crippen molar-refractivity contribution in [2.75, 3.05) is 38.6 Å². The monoisotopic (exact) mass is 287 g/mol. The molecule has 2 aliphatic heterocycles. The normalized spacial score (nSPS) is 23.6. The maximum atomic E-state index is 12.9. The molecular weight excluding hydrogens is 262 g/mol. The van der Waals surface area contributed by atoms with E-state index in [2.05, 4.69) is 53.1 Å². The number of fused-ring (bicyclic) bond motifs is 1. The Bertz CT molecular complexity index is 517. The lowest BCUT2D eigenvalue weighted by atomic mass is 10.0. The van der Waals surface area contributed by atoms with Gasteiger partial charge in [0.2, 0.25) is 5.91 Å². The molecule has 0 aliphatic carbocycles. The molecule has 21 heavy (non-hydrogen) atoms. The summed E-state index contributed by atoms with van der Waals surface area (Å²) in [6.07, 6.45) is 3.39. The Kier molecular flexibility index (Phi) is 4.15. The van der Waals surface area contributed by atoms with E-state index in [1.165, 1.54) is 24.1 Å². The SMILES string of the molecule is CN1CCN(C(=O)C2CCCCN2C)Cc2ccccc21. The molecule has 2 heterocycles. The first-order chi connectivity index (χ1) is 10.2. The molecular formula is C17H25N3O. The second-order valence-corrected chi connectivity index (χ2v) is 6.30. The first kappa shape index (κ1) is 14.4. The fraction of sp³-hybridized carbons (Fsp3) is 0.588. The average molecular weight is 287 g/mol. The van der Waals surface area contributed by atoms with Gasteiger partial charge in [-0.25, -0.2) is 0 Å². The van der Waals surface area contributed by atoms with Gasteiger partial charge in [-0.05, 0) is 38.1 Å². The van der Waals surface area contributed by atoms with Gasteiger partial charge in [0.15, 0.2) is 0 Å². The van der Waals surface area contributed by atoms with E-state index < -0.39 is 0 Å². The summed E-state index contributed by atoms with van der Waals surface area (Å²) < 4.78 is 0. The van der Waals surface area contributed by atoms with Crippen molar-refractivity contribution in [3.05, 3.63) is 29.8 Å². The Morgan fingerprint density at radius 1 is 1.10 bits per heavy atom. The van der Waals surface area contributed by atoms with E-state index in [0.717, 1.165) is 32.6 Å². The molecule has 0 aromatic heterocycles. The van der Waals surface area contributed by atoms with Crippen LogP contribution in [-0.4, -0.2) is 55.5 Å². The molecule has 1 aromatic rings. The maximum Gasteiger partial charge on any atom is 0.240 e. The van der Waals surface area contributed by atoms with Crippen molar-refractivity contribution >= 4 is 11.6 Å². The van der Waals surface area contributed by atoms with Crippen LogP contribution in [0.3, 0.4) is 0 Å². The van der Waals surface area contributed by atoms with Crippen LogP contribution >= 0.6 is 0 Å². The summed E-state index contributed by atoms with van der Waals surface area (Å²) in [6.45, 7) is 3.50. The molecule has 1 atom stereocenters. The van der Waals surface area contributed by atoms with E-state index in [1.807, 2.05) is 0 Å². The van der Waals surface area contributed by atoms with Crippen LogP contribution in [0.5, 0.6) is 0 Å². The lowest BCUT2D eigenvalue weighted by molar-refractivity contribution is -0.138. The first-order valence-electron chi connectivity index (χ1n) is 7.95. The minimum absolute atomic E-state index is 0.0781. The van der Waals surface area contributed by atoms with Crippen LogP contribution in [0.4, 0.5) is 5.69 Å². The zero-order valence-corrected chi connectivity index (χ0v) is 13.1. The van der Waals surface area contributed by atoms with Gasteiger partial charge in [-0.2, -0.15) is 0 Å². The van der Waals surface area contributed by atoms with Gasteiger partial charge in [0.05, 0.1) is 6.04 Å². The largest absolute Gasteiger partial charge is 0.373 e. The summed E-state index contributed by atoms with van der Waals surface area (Å²) in [5.74, 6) is 0.308. The van der Waals surface area contributed by atoms with Gasteiger partial charge in [-0.15, -0.1) is 0 Å². The van der Waals surface area contributed by atoms with E-state index in [4.69, 9.17) is 0 Å². The average Bonchev–Trinajstić information content (AvgIpc) is 2.67. The number of benzene rings is 1. The van der Waals surface area contributed by atoms with Crippen molar-refractivity contribution in [1.82, 2.24) is 9.80 Å². The smallest absolute Gasteiger partial charge is 0.240 e. The minimum atomic E-state index is 0.0781. The number of piperidine rings is 1. The number of para-hydroxylation sites is 1. The lowest BCUT2D eigenvalue weighted by Crippen LogP contribution is -2.49. The van der Waals surface area contributed by atoms with Crippen LogP contribution in [0.15, 0.2) is 24.3 Å². The van der Waals surface area contributed by atoms with E-state index in [9.17, 15) is 4.79 Å². The Morgan fingerprint density at radius 2 is 1.90 bits per heavy atom. The van der Waals surface area contributed by atoms with Gasteiger partial charge in [-0.1, -0.05) is 24.6 Å². The number of anilines is 1.